The van der Waals surface area contributed by atoms with Gasteiger partial charge in [-0.1, -0.05) is 0 Å². The van der Waals surface area contributed by atoms with Crippen molar-refractivity contribution in [2.45, 2.75) is 37.1 Å². The average Bonchev–Trinajstić information content (AvgIpc) is 2.71. The van der Waals surface area contributed by atoms with E-state index in [0.717, 1.165) is 5.82 Å². The van der Waals surface area contributed by atoms with Crippen molar-refractivity contribution < 1.29 is 4.92 Å². The average molecular weight is 280 g/mol. The maximum atomic E-state index is 10.5. The lowest BCUT2D eigenvalue weighted by atomic mass is 10.4. The molecule has 0 atom stereocenters. The molecule has 0 fully saturated rings. The Labute approximate surface area is 113 Å². The number of nitro groups is 1. The van der Waals surface area contributed by atoms with Gasteiger partial charge in [0.1, 0.15) is 18.2 Å². The molecular weight excluding hydrogens is 268 g/mol. The first-order valence-corrected chi connectivity index (χ1v) is 6.36. The first-order valence-electron chi connectivity index (χ1n) is 5.55. The van der Waals surface area contributed by atoms with Crippen LogP contribution in [-0.2, 0) is 0 Å². The molecule has 0 amide bonds. The molecular formula is C10H12N6O2S. The van der Waals surface area contributed by atoms with Crippen LogP contribution in [0.15, 0.2) is 22.7 Å². The smallest absolute Gasteiger partial charge is 0.303 e. The lowest BCUT2D eigenvalue weighted by Gasteiger charge is -2.10. The molecule has 0 saturated heterocycles. The second kappa shape index (κ2) is 5.31. The van der Waals surface area contributed by atoms with Gasteiger partial charge in [-0.2, -0.15) is 0 Å². The number of aromatic nitrogens is 5. The minimum absolute atomic E-state index is 0.133. The minimum Gasteiger partial charge on any atom is -0.303 e. The van der Waals surface area contributed by atoms with Crippen LogP contribution >= 0.6 is 11.8 Å². The monoisotopic (exact) mass is 280 g/mol. The SMILES string of the molecule is Cc1nnc(Sc2ncc([N+](=O)[O-])cn2)n1C(C)C. The van der Waals surface area contributed by atoms with E-state index in [-0.39, 0.29) is 11.7 Å². The molecule has 0 aliphatic carbocycles. The number of hydrogen-bond acceptors (Lipinski definition) is 7. The molecule has 0 unspecified atom stereocenters. The molecule has 2 rings (SSSR count). The van der Waals surface area contributed by atoms with Crippen molar-refractivity contribution in [1.82, 2.24) is 24.7 Å². The fourth-order valence-electron chi connectivity index (χ4n) is 1.55. The third kappa shape index (κ3) is 2.87. The molecule has 0 saturated carbocycles. The summed E-state index contributed by atoms with van der Waals surface area (Å²) >= 11 is 1.23. The molecule has 8 nitrogen and oxygen atoms in total. The Bertz CT molecular complexity index is 595. The van der Waals surface area contributed by atoms with Crippen LogP contribution in [0.1, 0.15) is 25.7 Å². The quantitative estimate of drug-likeness (QED) is 0.479. The highest BCUT2D eigenvalue weighted by molar-refractivity contribution is 7.99. The van der Waals surface area contributed by atoms with Gasteiger partial charge in [-0.3, -0.25) is 10.1 Å². The van der Waals surface area contributed by atoms with Gasteiger partial charge in [-0.05, 0) is 32.5 Å². The standard InChI is InChI=1S/C10H12N6O2S/c1-6(2)15-7(3)13-14-10(15)19-9-11-4-8(5-12-9)16(17)18/h4-6H,1-3H3. The van der Waals surface area contributed by atoms with Crippen LogP contribution in [0.3, 0.4) is 0 Å². The molecule has 9 heteroatoms. The fraction of sp³-hybridized carbons (Fsp3) is 0.400. The highest BCUT2D eigenvalue weighted by Crippen LogP contribution is 2.26. The van der Waals surface area contributed by atoms with Crippen molar-refractivity contribution in [1.29, 1.82) is 0 Å². The van der Waals surface area contributed by atoms with Crippen molar-refractivity contribution in [2.75, 3.05) is 0 Å². The maximum Gasteiger partial charge on any atom is 0.305 e. The highest BCUT2D eigenvalue weighted by atomic mass is 32.2. The van der Waals surface area contributed by atoms with E-state index >= 15 is 0 Å². The Morgan fingerprint density at radius 1 is 1.32 bits per heavy atom. The van der Waals surface area contributed by atoms with Crippen LogP contribution in [-0.4, -0.2) is 29.7 Å². The summed E-state index contributed by atoms with van der Waals surface area (Å²) in [6, 6.07) is 0.218. The van der Waals surface area contributed by atoms with Crippen LogP contribution in [0.5, 0.6) is 0 Å². The van der Waals surface area contributed by atoms with E-state index in [1.165, 1.54) is 24.2 Å². The molecule has 0 bridgehead atoms. The van der Waals surface area contributed by atoms with E-state index in [9.17, 15) is 10.1 Å². The Morgan fingerprint density at radius 3 is 2.47 bits per heavy atom. The second-order valence-corrected chi connectivity index (χ2v) is 5.01. The van der Waals surface area contributed by atoms with E-state index in [4.69, 9.17) is 0 Å². The minimum atomic E-state index is -0.533. The zero-order valence-corrected chi connectivity index (χ0v) is 11.5. The molecule has 0 radical (unpaired) electrons. The van der Waals surface area contributed by atoms with Gasteiger partial charge in [0.25, 0.3) is 0 Å². The third-order valence-corrected chi connectivity index (χ3v) is 3.21. The van der Waals surface area contributed by atoms with Crippen LogP contribution in [0.4, 0.5) is 5.69 Å². The van der Waals surface area contributed by atoms with Crippen LogP contribution < -0.4 is 0 Å². The normalized spacial score (nSPS) is 10.9. The first kappa shape index (κ1) is 13.4. The Kier molecular flexibility index (Phi) is 3.74. The third-order valence-electron chi connectivity index (χ3n) is 2.36. The topological polar surface area (TPSA) is 99.6 Å². The van der Waals surface area contributed by atoms with Gasteiger partial charge in [-0.15, -0.1) is 10.2 Å². The summed E-state index contributed by atoms with van der Waals surface area (Å²) < 4.78 is 1.95. The summed E-state index contributed by atoms with van der Waals surface area (Å²) in [6.45, 7) is 5.92. The van der Waals surface area contributed by atoms with E-state index < -0.39 is 4.92 Å². The van der Waals surface area contributed by atoms with Crippen LogP contribution in [0.2, 0.25) is 0 Å². The molecule has 2 aromatic rings. The van der Waals surface area contributed by atoms with Crippen LogP contribution in [0.25, 0.3) is 0 Å². The first-order chi connectivity index (χ1) is 8.99. The number of nitrogens with zero attached hydrogens (tertiary/aromatic N) is 6. The van der Waals surface area contributed by atoms with Gasteiger partial charge in [0.15, 0.2) is 10.3 Å². The van der Waals surface area contributed by atoms with Crippen molar-refractivity contribution in [3.05, 3.63) is 28.3 Å². The fourth-order valence-corrected chi connectivity index (χ4v) is 2.45. The second-order valence-electron chi connectivity index (χ2n) is 4.08. The van der Waals surface area contributed by atoms with Gasteiger partial charge in [0, 0.05) is 6.04 Å². The van der Waals surface area contributed by atoms with E-state index in [1.807, 2.05) is 25.3 Å². The van der Waals surface area contributed by atoms with Gasteiger partial charge in [0.2, 0.25) is 0 Å². The predicted octanol–water partition coefficient (Wildman–Crippen LogP) is 2.02. The van der Waals surface area contributed by atoms with Crippen molar-refractivity contribution in [2.24, 2.45) is 0 Å². The predicted molar refractivity (Wildman–Crippen MR) is 68.0 cm³/mol. The maximum absolute atomic E-state index is 10.5. The molecule has 0 aliphatic heterocycles. The van der Waals surface area contributed by atoms with Crippen molar-refractivity contribution in [3.63, 3.8) is 0 Å². The van der Waals surface area contributed by atoms with E-state index in [1.54, 1.807) is 0 Å². The zero-order chi connectivity index (χ0) is 14.0. The molecule has 0 aliphatic rings. The van der Waals surface area contributed by atoms with Crippen molar-refractivity contribution in [3.8, 4) is 0 Å². The van der Waals surface area contributed by atoms with Crippen LogP contribution in [0, 0.1) is 17.0 Å². The van der Waals surface area contributed by atoms with E-state index in [0.29, 0.717) is 10.3 Å². The van der Waals surface area contributed by atoms with Gasteiger partial charge < -0.3 is 4.57 Å². The number of rotatable bonds is 4. The lowest BCUT2D eigenvalue weighted by Crippen LogP contribution is -2.05. The summed E-state index contributed by atoms with van der Waals surface area (Å²) in [5.74, 6) is 0.805. The van der Waals surface area contributed by atoms with E-state index in [2.05, 4.69) is 20.2 Å². The summed E-state index contributed by atoms with van der Waals surface area (Å²) in [6.07, 6.45) is 2.36. The molecule has 0 aromatic carbocycles. The summed E-state index contributed by atoms with van der Waals surface area (Å²) in [7, 11) is 0. The highest BCUT2D eigenvalue weighted by Gasteiger charge is 2.15. The summed E-state index contributed by atoms with van der Waals surface area (Å²) in [4.78, 5) is 17.8. The lowest BCUT2D eigenvalue weighted by molar-refractivity contribution is -0.385. The van der Waals surface area contributed by atoms with Crippen molar-refractivity contribution >= 4 is 17.4 Å². The number of aryl methyl sites for hydroxylation is 1. The van der Waals surface area contributed by atoms with Gasteiger partial charge in [0.05, 0.1) is 4.92 Å². The summed E-state index contributed by atoms with van der Waals surface area (Å²) in [5, 5.41) is 19.6. The Morgan fingerprint density at radius 2 is 1.95 bits per heavy atom. The Balaban J connectivity index is 2.24. The van der Waals surface area contributed by atoms with Gasteiger partial charge >= 0.3 is 5.69 Å². The molecule has 19 heavy (non-hydrogen) atoms. The summed E-state index contributed by atoms with van der Waals surface area (Å²) in [5.41, 5.74) is -0.133. The zero-order valence-electron chi connectivity index (χ0n) is 10.6. The van der Waals surface area contributed by atoms with Gasteiger partial charge in [-0.25, -0.2) is 9.97 Å². The number of hydrogen-bond donors (Lipinski definition) is 0. The molecule has 2 heterocycles. The molecule has 0 N–H and O–H groups in total. The Hall–Kier alpha value is -2.03. The largest absolute Gasteiger partial charge is 0.305 e. The molecule has 2 aromatic heterocycles. The molecule has 100 valence electrons. The molecule has 0 spiro atoms.